The maximum Gasteiger partial charge on any atom is 0.232 e. The number of primary amides is 1. The minimum absolute atomic E-state index is 0.0321. The van der Waals surface area contributed by atoms with Crippen molar-refractivity contribution in [1.29, 1.82) is 0 Å². The molecule has 0 radical (unpaired) electrons. The van der Waals surface area contributed by atoms with E-state index >= 15 is 0 Å². The minimum atomic E-state index is -0.661. The number of amides is 1. The highest BCUT2D eigenvalue weighted by atomic mass is 16.1. The summed E-state index contributed by atoms with van der Waals surface area (Å²) in [6.45, 7) is 13.4. The lowest BCUT2D eigenvalue weighted by Gasteiger charge is -2.39. The molecule has 138 valence electrons. The van der Waals surface area contributed by atoms with Crippen molar-refractivity contribution in [3.8, 4) is 0 Å². The Bertz CT molecular complexity index is 839. The monoisotopic (exact) mass is 349 g/mol. The van der Waals surface area contributed by atoms with E-state index in [1.165, 1.54) is 27.8 Å². The van der Waals surface area contributed by atoms with Crippen LogP contribution in [0.2, 0.25) is 0 Å². The van der Waals surface area contributed by atoms with Crippen LogP contribution in [-0.2, 0) is 22.0 Å². The number of benzene rings is 1. The van der Waals surface area contributed by atoms with Crippen molar-refractivity contribution in [3.05, 3.63) is 52.1 Å². The highest BCUT2D eigenvalue weighted by Gasteiger charge is 2.59. The van der Waals surface area contributed by atoms with E-state index in [1.807, 2.05) is 0 Å². The Balaban J connectivity index is 1.99. The number of allylic oxidation sites excluding steroid dienone is 1. The van der Waals surface area contributed by atoms with Gasteiger partial charge in [-0.2, -0.15) is 0 Å². The molecule has 2 saturated carbocycles. The van der Waals surface area contributed by atoms with Gasteiger partial charge in [-0.25, -0.2) is 0 Å². The molecule has 1 aromatic rings. The highest BCUT2D eigenvalue weighted by molar-refractivity contribution is 5.93. The van der Waals surface area contributed by atoms with Gasteiger partial charge in [0, 0.05) is 0 Å². The topological polar surface area (TPSA) is 43.1 Å². The van der Waals surface area contributed by atoms with Gasteiger partial charge in [0.15, 0.2) is 0 Å². The molecule has 0 heterocycles. The summed E-state index contributed by atoms with van der Waals surface area (Å²) in [5.41, 5.74) is 13.1. The zero-order valence-corrected chi connectivity index (χ0v) is 16.6. The van der Waals surface area contributed by atoms with E-state index in [2.05, 4.69) is 52.5 Å². The largest absolute Gasteiger partial charge is 0.369 e. The van der Waals surface area contributed by atoms with Gasteiger partial charge in [-0.15, -0.1) is 0 Å². The fourth-order valence-electron chi connectivity index (χ4n) is 5.69. The first kappa shape index (κ1) is 17.6. The quantitative estimate of drug-likeness (QED) is 0.763. The van der Waals surface area contributed by atoms with E-state index in [-0.39, 0.29) is 11.3 Å². The Morgan fingerprint density at radius 1 is 1.31 bits per heavy atom. The van der Waals surface area contributed by atoms with E-state index < -0.39 is 5.41 Å². The molecule has 2 fully saturated rings. The Hall–Kier alpha value is -1.83. The summed E-state index contributed by atoms with van der Waals surface area (Å²) >= 11 is 0. The number of carbonyl (C=O) groups excluding carboxylic acids is 1. The standard InChI is InChI=1S/C24H31NO/c1-6-15-9-17-12-19(23(3,4)5)13-21(20(17)10-15)24(22(25)26)14(2)16-7-8-18(24)11-16/h9,12-13,16,18H,2,6-8,10-11H2,1,3-5H3,(H2,25,26). The van der Waals surface area contributed by atoms with Crippen LogP contribution in [-0.4, -0.2) is 5.91 Å². The lowest BCUT2D eigenvalue weighted by molar-refractivity contribution is -0.123. The summed E-state index contributed by atoms with van der Waals surface area (Å²) in [7, 11) is 0. The zero-order valence-electron chi connectivity index (χ0n) is 16.6. The minimum Gasteiger partial charge on any atom is -0.369 e. The molecule has 2 N–H and O–H groups in total. The van der Waals surface area contributed by atoms with Crippen molar-refractivity contribution in [2.24, 2.45) is 17.6 Å². The van der Waals surface area contributed by atoms with Gasteiger partial charge in [0.05, 0.1) is 5.41 Å². The van der Waals surface area contributed by atoms with Crippen LogP contribution in [0.25, 0.3) is 6.08 Å². The maximum atomic E-state index is 13.0. The van der Waals surface area contributed by atoms with Crippen LogP contribution >= 0.6 is 0 Å². The molecule has 0 saturated heterocycles. The van der Waals surface area contributed by atoms with E-state index in [1.54, 1.807) is 0 Å². The van der Waals surface area contributed by atoms with E-state index in [9.17, 15) is 4.79 Å². The molecule has 3 aliphatic rings. The van der Waals surface area contributed by atoms with Crippen LogP contribution in [0.1, 0.15) is 75.6 Å². The van der Waals surface area contributed by atoms with Crippen molar-refractivity contribution < 1.29 is 4.79 Å². The van der Waals surface area contributed by atoms with Gasteiger partial charge in [0.2, 0.25) is 5.91 Å². The van der Waals surface area contributed by atoms with Gasteiger partial charge in [0.1, 0.15) is 0 Å². The number of fused-ring (bicyclic) bond motifs is 3. The van der Waals surface area contributed by atoms with E-state index in [0.717, 1.165) is 37.7 Å². The third kappa shape index (κ3) is 2.20. The molecule has 26 heavy (non-hydrogen) atoms. The molecule has 3 unspecified atom stereocenters. The van der Waals surface area contributed by atoms with Crippen LogP contribution in [0.3, 0.4) is 0 Å². The lowest BCUT2D eigenvalue weighted by atomic mass is 9.63. The Morgan fingerprint density at radius 2 is 2.04 bits per heavy atom. The SMILES string of the molecule is C=C1C2CCC(C2)C1(C(N)=O)c1cc(C(C)(C)C)cc2c1CC(CC)=C2. The second-order valence-electron chi connectivity index (χ2n) is 9.58. The van der Waals surface area contributed by atoms with Crippen LogP contribution in [0.15, 0.2) is 29.9 Å². The summed E-state index contributed by atoms with van der Waals surface area (Å²) in [4.78, 5) is 13.0. The van der Waals surface area contributed by atoms with Crippen LogP contribution in [0, 0.1) is 11.8 Å². The predicted molar refractivity (Wildman–Crippen MR) is 108 cm³/mol. The first-order valence-corrected chi connectivity index (χ1v) is 10.1. The average molecular weight is 350 g/mol. The molecule has 3 aliphatic carbocycles. The van der Waals surface area contributed by atoms with Crippen molar-refractivity contribution >= 4 is 12.0 Å². The third-order valence-corrected chi connectivity index (χ3v) is 7.23. The third-order valence-electron chi connectivity index (χ3n) is 7.23. The van der Waals surface area contributed by atoms with Crippen molar-refractivity contribution in [2.75, 3.05) is 0 Å². The number of carbonyl (C=O) groups is 1. The molecule has 0 spiro atoms. The number of rotatable bonds is 3. The summed E-state index contributed by atoms with van der Waals surface area (Å²) in [5.74, 6) is 0.594. The first-order valence-electron chi connectivity index (χ1n) is 10.1. The number of hydrogen-bond donors (Lipinski definition) is 1. The average Bonchev–Trinajstić information content (AvgIpc) is 3.26. The number of hydrogen-bond acceptors (Lipinski definition) is 1. The Morgan fingerprint density at radius 3 is 2.58 bits per heavy atom. The maximum absolute atomic E-state index is 13.0. The van der Waals surface area contributed by atoms with Gasteiger partial charge in [-0.3, -0.25) is 4.79 Å². The molecule has 0 aliphatic heterocycles. The van der Waals surface area contributed by atoms with Crippen molar-refractivity contribution in [2.45, 2.75) is 70.6 Å². The molecule has 3 atom stereocenters. The molecule has 4 rings (SSSR count). The summed E-state index contributed by atoms with van der Waals surface area (Å²) in [6, 6.07) is 4.62. The molecule has 0 aromatic heterocycles. The predicted octanol–water partition coefficient (Wildman–Crippen LogP) is 5.04. The smallest absolute Gasteiger partial charge is 0.232 e. The molecule has 2 heteroatoms. The zero-order chi connectivity index (χ0) is 18.9. The van der Waals surface area contributed by atoms with Crippen molar-refractivity contribution in [1.82, 2.24) is 0 Å². The summed E-state index contributed by atoms with van der Waals surface area (Å²) in [6.07, 6.45) is 7.66. The number of nitrogens with two attached hydrogens (primary N) is 1. The van der Waals surface area contributed by atoms with Crippen LogP contribution in [0.4, 0.5) is 0 Å². The van der Waals surface area contributed by atoms with Gasteiger partial charge in [-0.1, -0.05) is 63.6 Å². The van der Waals surface area contributed by atoms with Crippen molar-refractivity contribution in [3.63, 3.8) is 0 Å². The Kier molecular flexibility index (Phi) is 3.77. The fourth-order valence-corrected chi connectivity index (χ4v) is 5.69. The van der Waals surface area contributed by atoms with Gasteiger partial charge in [0.25, 0.3) is 0 Å². The van der Waals surface area contributed by atoms with Crippen LogP contribution in [0.5, 0.6) is 0 Å². The summed E-state index contributed by atoms with van der Waals surface area (Å²) < 4.78 is 0. The fraction of sp³-hybridized carbons (Fsp3) is 0.542. The van der Waals surface area contributed by atoms with Crippen LogP contribution < -0.4 is 5.73 Å². The summed E-state index contributed by atoms with van der Waals surface area (Å²) in [5, 5.41) is 0. The second-order valence-corrected chi connectivity index (χ2v) is 9.58. The van der Waals surface area contributed by atoms with Gasteiger partial charge in [-0.05, 0) is 71.6 Å². The van der Waals surface area contributed by atoms with E-state index in [0.29, 0.717) is 11.8 Å². The molecule has 2 nitrogen and oxygen atoms in total. The molecular formula is C24H31NO. The Labute approximate surface area is 157 Å². The highest BCUT2D eigenvalue weighted by Crippen LogP contribution is 2.61. The molecule has 2 bridgehead atoms. The molecular weight excluding hydrogens is 318 g/mol. The lowest BCUT2D eigenvalue weighted by Crippen LogP contribution is -2.47. The van der Waals surface area contributed by atoms with Gasteiger partial charge >= 0.3 is 0 Å². The first-order chi connectivity index (χ1) is 12.2. The molecule has 1 aromatic carbocycles. The van der Waals surface area contributed by atoms with Gasteiger partial charge < -0.3 is 5.73 Å². The molecule has 1 amide bonds. The normalized spacial score (nSPS) is 29.8. The second kappa shape index (κ2) is 5.58. The van der Waals surface area contributed by atoms with E-state index in [4.69, 9.17) is 5.73 Å².